The number of benzene rings is 1. The van der Waals surface area contributed by atoms with Gasteiger partial charge in [-0.05, 0) is 12.1 Å². The molecule has 1 amide bonds. The molecule has 2 aromatic rings. The summed E-state index contributed by atoms with van der Waals surface area (Å²) in [6.45, 7) is 0. The first-order chi connectivity index (χ1) is 10.5. The monoisotopic (exact) mass is 307 g/mol. The van der Waals surface area contributed by atoms with E-state index < -0.39 is 16.8 Å². The van der Waals surface area contributed by atoms with Gasteiger partial charge in [-0.1, -0.05) is 0 Å². The predicted octanol–water partition coefficient (Wildman–Crippen LogP) is 3.10. The molecule has 0 spiro atoms. The van der Waals surface area contributed by atoms with E-state index in [1.165, 1.54) is 25.4 Å². The van der Waals surface area contributed by atoms with Crippen LogP contribution in [0.15, 0.2) is 36.5 Å². The van der Waals surface area contributed by atoms with Gasteiger partial charge in [0.2, 0.25) is 0 Å². The van der Waals surface area contributed by atoms with Gasteiger partial charge in [0.05, 0.1) is 18.1 Å². The second-order valence-corrected chi connectivity index (χ2v) is 3.97. The Hall–Kier alpha value is -3.23. The summed E-state index contributed by atoms with van der Waals surface area (Å²) >= 11 is 0. The number of hydrogen-bond acceptors (Lipinski definition) is 6. The second kappa shape index (κ2) is 6.48. The minimum Gasteiger partial charge on any atom is -0.454 e. The number of carbonyl (C=O) groups excluding carboxylic acids is 1. The Balaban J connectivity index is 2.18. The Morgan fingerprint density at radius 3 is 2.77 bits per heavy atom. The fourth-order valence-corrected chi connectivity index (χ4v) is 1.51. The van der Waals surface area contributed by atoms with Crippen molar-refractivity contribution < 1.29 is 23.6 Å². The number of nitro benzene ring substituents is 1. The fourth-order valence-electron chi connectivity index (χ4n) is 1.51. The third-order valence-electron chi connectivity index (χ3n) is 2.50. The van der Waals surface area contributed by atoms with Crippen LogP contribution in [0, 0.1) is 15.9 Å². The van der Waals surface area contributed by atoms with Crippen molar-refractivity contribution in [3.8, 4) is 11.5 Å². The van der Waals surface area contributed by atoms with Crippen molar-refractivity contribution in [2.45, 2.75) is 0 Å². The fraction of sp³-hybridized carbons (Fsp3) is 0.0769. The molecule has 114 valence electrons. The number of hydrogen-bond donors (Lipinski definition) is 1. The molecule has 2 rings (SSSR count). The molecule has 0 saturated heterocycles. The van der Waals surface area contributed by atoms with Crippen molar-refractivity contribution in [1.29, 1.82) is 0 Å². The Morgan fingerprint density at radius 2 is 2.14 bits per heavy atom. The third kappa shape index (κ3) is 3.66. The molecule has 0 radical (unpaired) electrons. The summed E-state index contributed by atoms with van der Waals surface area (Å²) in [6, 6.07) is 5.79. The molecule has 1 aromatic heterocycles. The summed E-state index contributed by atoms with van der Waals surface area (Å²) < 4.78 is 23.4. The van der Waals surface area contributed by atoms with Crippen LogP contribution in [-0.2, 0) is 4.74 Å². The van der Waals surface area contributed by atoms with Crippen LogP contribution in [0.25, 0.3) is 0 Å². The molecule has 0 saturated carbocycles. The van der Waals surface area contributed by atoms with E-state index >= 15 is 0 Å². The molecule has 0 fully saturated rings. The number of carbonyl (C=O) groups is 1. The number of ether oxygens (including phenoxy) is 2. The zero-order valence-electron chi connectivity index (χ0n) is 11.3. The molecule has 0 unspecified atom stereocenters. The van der Waals surface area contributed by atoms with E-state index in [4.69, 9.17) is 4.74 Å². The summed E-state index contributed by atoms with van der Waals surface area (Å²) in [5.74, 6) is -0.741. The molecule has 0 aliphatic rings. The van der Waals surface area contributed by atoms with Crippen LogP contribution in [0.1, 0.15) is 0 Å². The number of halogens is 1. The molecular weight excluding hydrogens is 297 g/mol. The number of amides is 1. The number of nitro groups is 1. The number of methoxy groups -OCH3 is 1. The first-order valence-corrected chi connectivity index (χ1v) is 5.92. The molecule has 0 bridgehead atoms. The average molecular weight is 307 g/mol. The molecule has 22 heavy (non-hydrogen) atoms. The molecule has 1 N–H and O–H groups in total. The van der Waals surface area contributed by atoms with Crippen LogP contribution >= 0.6 is 0 Å². The summed E-state index contributed by atoms with van der Waals surface area (Å²) in [4.78, 5) is 24.7. The largest absolute Gasteiger partial charge is 0.454 e. The van der Waals surface area contributed by atoms with Gasteiger partial charge < -0.3 is 9.47 Å². The maximum Gasteiger partial charge on any atom is 0.412 e. The van der Waals surface area contributed by atoms with Crippen LogP contribution in [0.2, 0.25) is 0 Å². The van der Waals surface area contributed by atoms with Crippen molar-refractivity contribution in [2.24, 2.45) is 0 Å². The lowest BCUT2D eigenvalue weighted by atomic mass is 10.3. The Bertz CT molecular complexity index is 723. The van der Waals surface area contributed by atoms with Gasteiger partial charge in [0.1, 0.15) is 11.6 Å². The lowest BCUT2D eigenvalue weighted by Gasteiger charge is -2.08. The number of rotatable bonds is 4. The van der Waals surface area contributed by atoms with Gasteiger partial charge in [0.15, 0.2) is 11.6 Å². The Labute approximate surface area is 123 Å². The first-order valence-electron chi connectivity index (χ1n) is 5.92. The Kier molecular flexibility index (Phi) is 4.47. The van der Waals surface area contributed by atoms with E-state index in [-0.39, 0.29) is 23.0 Å². The van der Waals surface area contributed by atoms with Gasteiger partial charge in [0.25, 0.3) is 5.69 Å². The lowest BCUT2D eigenvalue weighted by molar-refractivity contribution is -0.385. The van der Waals surface area contributed by atoms with Gasteiger partial charge >= 0.3 is 6.09 Å². The molecule has 1 aromatic carbocycles. The summed E-state index contributed by atoms with van der Waals surface area (Å²) in [5, 5.41) is 12.9. The van der Waals surface area contributed by atoms with Crippen molar-refractivity contribution in [1.82, 2.24) is 4.98 Å². The number of non-ortho nitro benzene ring substituents is 1. The summed E-state index contributed by atoms with van der Waals surface area (Å²) in [5.41, 5.74) is -0.382. The molecule has 0 aliphatic heterocycles. The lowest BCUT2D eigenvalue weighted by Crippen LogP contribution is -2.11. The van der Waals surface area contributed by atoms with Crippen LogP contribution in [0.3, 0.4) is 0 Å². The number of aromatic nitrogens is 1. The van der Waals surface area contributed by atoms with Gasteiger partial charge in [-0.25, -0.2) is 14.2 Å². The van der Waals surface area contributed by atoms with E-state index in [0.29, 0.717) is 0 Å². The number of pyridine rings is 1. The van der Waals surface area contributed by atoms with Crippen molar-refractivity contribution >= 4 is 17.6 Å². The molecular formula is C13H10FN3O5. The van der Waals surface area contributed by atoms with E-state index in [9.17, 15) is 19.3 Å². The highest BCUT2D eigenvalue weighted by Gasteiger charge is 2.12. The number of nitrogens with zero attached hydrogens (tertiary/aromatic N) is 2. The van der Waals surface area contributed by atoms with Crippen LogP contribution in [0.5, 0.6) is 11.5 Å². The zero-order chi connectivity index (χ0) is 16.1. The molecule has 1 heterocycles. The van der Waals surface area contributed by atoms with Gasteiger partial charge in [0, 0.05) is 18.3 Å². The van der Waals surface area contributed by atoms with Crippen molar-refractivity contribution in [3.63, 3.8) is 0 Å². The summed E-state index contributed by atoms with van der Waals surface area (Å²) in [7, 11) is 1.20. The third-order valence-corrected chi connectivity index (χ3v) is 2.50. The van der Waals surface area contributed by atoms with Gasteiger partial charge in [-0.2, -0.15) is 0 Å². The SMILES string of the molecule is COC(=O)Nc1cc(Oc2ccc([N+](=O)[O-])cc2F)ccn1. The molecule has 8 nitrogen and oxygen atoms in total. The zero-order valence-corrected chi connectivity index (χ0v) is 11.3. The highest BCUT2D eigenvalue weighted by Crippen LogP contribution is 2.28. The quantitative estimate of drug-likeness (QED) is 0.687. The smallest absolute Gasteiger partial charge is 0.412 e. The predicted molar refractivity (Wildman–Crippen MR) is 73.4 cm³/mol. The highest BCUT2D eigenvalue weighted by molar-refractivity contribution is 5.83. The number of nitrogens with one attached hydrogen (secondary N) is 1. The van der Waals surface area contributed by atoms with Crippen molar-refractivity contribution in [2.75, 3.05) is 12.4 Å². The topological polar surface area (TPSA) is 104 Å². The van der Waals surface area contributed by atoms with E-state index in [0.717, 1.165) is 18.2 Å². The summed E-state index contributed by atoms with van der Waals surface area (Å²) in [6.07, 6.45) is 0.621. The minimum atomic E-state index is -0.881. The minimum absolute atomic E-state index is 0.145. The highest BCUT2D eigenvalue weighted by atomic mass is 19.1. The standard InChI is InChI=1S/C13H10FN3O5/c1-21-13(18)16-12-7-9(4-5-15-12)22-11-3-2-8(17(19)20)6-10(11)14/h2-7H,1H3,(H,15,16,18). The van der Waals surface area contributed by atoms with E-state index in [1.54, 1.807) is 0 Å². The van der Waals surface area contributed by atoms with Crippen LogP contribution < -0.4 is 10.1 Å². The molecule has 0 atom stereocenters. The van der Waals surface area contributed by atoms with Crippen LogP contribution in [0.4, 0.5) is 20.7 Å². The Morgan fingerprint density at radius 1 is 1.36 bits per heavy atom. The number of anilines is 1. The second-order valence-electron chi connectivity index (χ2n) is 3.97. The first kappa shape index (κ1) is 15.2. The van der Waals surface area contributed by atoms with E-state index in [1.807, 2.05) is 0 Å². The van der Waals surface area contributed by atoms with Gasteiger partial charge in [-0.15, -0.1) is 0 Å². The van der Waals surface area contributed by atoms with Crippen molar-refractivity contribution in [3.05, 3.63) is 52.5 Å². The molecule has 0 aliphatic carbocycles. The van der Waals surface area contributed by atoms with Crippen LogP contribution in [-0.4, -0.2) is 23.1 Å². The normalized spacial score (nSPS) is 9.91. The molecule has 9 heteroatoms. The maximum atomic E-state index is 13.7. The average Bonchev–Trinajstić information content (AvgIpc) is 2.49. The maximum absolute atomic E-state index is 13.7. The van der Waals surface area contributed by atoms with E-state index in [2.05, 4.69) is 15.0 Å². The van der Waals surface area contributed by atoms with Gasteiger partial charge in [-0.3, -0.25) is 15.4 Å².